The molecule has 0 N–H and O–H groups in total. The lowest BCUT2D eigenvalue weighted by Crippen LogP contribution is -2.43. The van der Waals surface area contributed by atoms with Gasteiger partial charge in [0.25, 0.3) is 0 Å². The van der Waals surface area contributed by atoms with Crippen molar-refractivity contribution in [2.45, 2.75) is 38.0 Å². The van der Waals surface area contributed by atoms with Crippen LogP contribution < -0.4 is 4.90 Å². The maximum Gasteiger partial charge on any atom is 0.136 e. The standard InChI is InChI=1S/C56H43NO2/c1-2-7-36(8-3-1)37-13-21-43(22-14-37)57(45-25-17-39(18-26-45)52-41-30-34-29-35(32-41)33-42(52)31-34)44-23-15-38(16-24-44)46-10-6-12-49-54(46)56-51(59-49)28-20-40-19-27-50-55(53(40)56)47-9-4-5-11-48(47)58-50/h1-28,34-35,41-42,52H,29-33H2. The number of para-hydroxylation sites is 1. The second-order valence-electron chi connectivity index (χ2n) is 17.7. The van der Waals surface area contributed by atoms with Gasteiger partial charge in [-0.1, -0.05) is 109 Å². The number of anilines is 3. The van der Waals surface area contributed by atoms with Crippen LogP contribution in [0.2, 0.25) is 0 Å². The average Bonchev–Trinajstić information content (AvgIpc) is 3.86. The molecular formula is C56H43NO2. The number of furan rings is 2. The zero-order chi connectivity index (χ0) is 38.6. The van der Waals surface area contributed by atoms with Crippen molar-refractivity contribution in [3.05, 3.63) is 175 Å². The highest BCUT2D eigenvalue weighted by atomic mass is 16.3. The molecule has 4 saturated carbocycles. The minimum absolute atomic E-state index is 0.719. The van der Waals surface area contributed by atoms with E-state index in [0.29, 0.717) is 0 Å². The van der Waals surface area contributed by atoms with Crippen LogP contribution in [0.4, 0.5) is 17.1 Å². The van der Waals surface area contributed by atoms with Crippen molar-refractivity contribution in [3.8, 4) is 22.3 Å². The Balaban J connectivity index is 0.926. The highest BCUT2D eigenvalue weighted by Crippen LogP contribution is 2.60. The van der Waals surface area contributed by atoms with Crippen LogP contribution in [0.25, 0.3) is 76.9 Å². The number of hydrogen-bond donors (Lipinski definition) is 0. The van der Waals surface area contributed by atoms with Crippen LogP contribution in [0.1, 0.15) is 43.6 Å². The summed E-state index contributed by atoms with van der Waals surface area (Å²) < 4.78 is 13.0. The number of nitrogens with zero attached hydrogens (tertiary/aromatic N) is 1. The third-order valence-electron chi connectivity index (χ3n) is 14.4. The van der Waals surface area contributed by atoms with Crippen LogP contribution in [-0.4, -0.2) is 0 Å². The minimum Gasteiger partial charge on any atom is -0.456 e. The molecule has 0 saturated heterocycles. The third kappa shape index (κ3) is 5.27. The maximum absolute atomic E-state index is 6.63. The van der Waals surface area contributed by atoms with Crippen molar-refractivity contribution in [1.29, 1.82) is 0 Å². The Kier molecular flexibility index (Phi) is 7.34. The molecule has 0 unspecified atom stereocenters. The van der Waals surface area contributed by atoms with Gasteiger partial charge in [-0.15, -0.1) is 0 Å². The molecule has 59 heavy (non-hydrogen) atoms. The van der Waals surface area contributed by atoms with Gasteiger partial charge in [0.1, 0.15) is 22.3 Å². The summed E-state index contributed by atoms with van der Waals surface area (Å²) in [6.45, 7) is 0. The van der Waals surface area contributed by atoms with Crippen molar-refractivity contribution in [1.82, 2.24) is 0 Å². The summed E-state index contributed by atoms with van der Waals surface area (Å²) in [5.41, 5.74) is 13.3. The largest absolute Gasteiger partial charge is 0.456 e. The van der Waals surface area contributed by atoms with E-state index >= 15 is 0 Å². The van der Waals surface area contributed by atoms with Crippen molar-refractivity contribution < 1.29 is 8.83 Å². The molecule has 0 amide bonds. The molecule has 284 valence electrons. The molecule has 3 nitrogen and oxygen atoms in total. The molecule has 2 heterocycles. The smallest absolute Gasteiger partial charge is 0.136 e. The normalized spacial score (nSPS) is 21.1. The average molecular weight is 762 g/mol. The van der Waals surface area contributed by atoms with E-state index in [1.165, 1.54) is 59.7 Å². The first-order valence-electron chi connectivity index (χ1n) is 21.5. The van der Waals surface area contributed by atoms with Crippen molar-refractivity contribution >= 4 is 71.7 Å². The van der Waals surface area contributed by atoms with Crippen LogP contribution in [0, 0.1) is 23.7 Å². The van der Waals surface area contributed by atoms with E-state index in [-0.39, 0.29) is 0 Å². The second kappa shape index (κ2) is 13.0. The lowest BCUT2D eigenvalue weighted by Gasteiger charge is -2.54. The highest BCUT2D eigenvalue weighted by molar-refractivity contribution is 6.32. The molecular weight excluding hydrogens is 719 g/mol. The summed E-state index contributed by atoms with van der Waals surface area (Å²) in [5.74, 6) is 4.42. The van der Waals surface area contributed by atoms with Crippen LogP contribution >= 0.6 is 0 Å². The summed E-state index contributed by atoms with van der Waals surface area (Å²) in [4.78, 5) is 2.42. The first-order valence-corrected chi connectivity index (χ1v) is 21.5. The first-order chi connectivity index (χ1) is 29.2. The van der Waals surface area contributed by atoms with Crippen LogP contribution in [0.5, 0.6) is 0 Å². The molecule has 0 atom stereocenters. The van der Waals surface area contributed by atoms with Gasteiger partial charge in [-0.2, -0.15) is 0 Å². The Morgan fingerprint density at radius 1 is 0.373 bits per heavy atom. The molecule has 0 spiro atoms. The third-order valence-corrected chi connectivity index (χ3v) is 14.4. The number of rotatable bonds is 6. The fraction of sp³-hybridized carbons (Fsp3) is 0.179. The molecule has 4 bridgehead atoms. The molecule has 2 aromatic heterocycles. The van der Waals surface area contributed by atoms with Crippen LogP contribution in [0.15, 0.2) is 179 Å². The minimum atomic E-state index is 0.719. The highest BCUT2D eigenvalue weighted by Gasteiger charge is 2.48. The topological polar surface area (TPSA) is 29.5 Å². The number of hydrogen-bond acceptors (Lipinski definition) is 3. The molecule has 3 heteroatoms. The van der Waals surface area contributed by atoms with E-state index in [1.807, 2.05) is 6.07 Å². The van der Waals surface area contributed by atoms with Gasteiger partial charge in [-0.3, -0.25) is 0 Å². The van der Waals surface area contributed by atoms with E-state index in [1.54, 1.807) is 5.56 Å². The van der Waals surface area contributed by atoms with E-state index < -0.39 is 0 Å². The lowest BCUT2D eigenvalue weighted by molar-refractivity contribution is -0.00277. The molecule has 0 aliphatic heterocycles. The van der Waals surface area contributed by atoms with E-state index in [9.17, 15) is 0 Å². The van der Waals surface area contributed by atoms with Crippen molar-refractivity contribution in [2.24, 2.45) is 23.7 Å². The van der Waals surface area contributed by atoms with Crippen LogP contribution in [-0.2, 0) is 0 Å². The fourth-order valence-electron chi connectivity index (χ4n) is 12.2. The first kappa shape index (κ1) is 33.4. The quantitative estimate of drug-likeness (QED) is 0.169. The number of benzene rings is 8. The fourth-order valence-corrected chi connectivity index (χ4v) is 12.2. The molecule has 8 aromatic carbocycles. The second-order valence-corrected chi connectivity index (χ2v) is 17.7. The predicted molar refractivity (Wildman–Crippen MR) is 244 cm³/mol. The van der Waals surface area contributed by atoms with Gasteiger partial charge >= 0.3 is 0 Å². The van der Waals surface area contributed by atoms with Gasteiger partial charge in [-0.05, 0) is 156 Å². The van der Waals surface area contributed by atoms with Crippen molar-refractivity contribution in [2.75, 3.05) is 4.90 Å². The summed E-state index contributed by atoms with van der Waals surface area (Å²) >= 11 is 0. The summed E-state index contributed by atoms with van der Waals surface area (Å²) in [5, 5.41) is 6.88. The maximum atomic E-state index is 6.63. The molecule has 4 fully saturated rings. The van der Waals surface area contributed by atoms with Gasteiger partial charge in [-0.25, -0.2) is 0 Å². The zero-order valence-corrected chi connectivity index (χ0v) is 32.9. The number of fused-ring (bicyclic) bond motifs is 9. The summed E-state index contributed by atoms with van der Waals surface area (Å²) in [6.07, 6.45) is 7.25. The predicted octanol–water partition coefficient (Wildman–Crippen LogP) is 16.0. The molecule has 0 radical (unpaired) electrons. The van der Waals surface area contributed by atoms with Gasteiger partial charge in [0.2, 0.25) is 0 Å². The molecule has 4 aliphatic rings. The molecule has 10 aromatic rings. The van der Waals surface area contributed by atoms with Gasteiger partial charge in [0.15, 0.2) is 0 Å². The Labute approximate surface area is 343 Å². The van der Waals surface area contributed by atoms with E-state index in [0.717, 1.165) is 96.0 Å². The lowest BCUT2D eigenvalue weighted by atomic mass is 9.51. The summed E-state index contributed by atoms with van der Waals surface area (Å²) in [6, 6.07) is 61.9. The zero-order valence-electron chi connectivity index (χ0n) is 32.9. The SMILES string of the molecule is c1ccc(-c2ccc(N(c3ccc(-c4cccc5oc6ccc7ccc8oc9ccccc9c8c7c6c45)cc3)c3ccc(C4C5CC6CC(C5)CC4C6)cc3)cc2)cc1. The molecule has 14 rings (SSSR count). The van der Waals surface area contributed by atoms with Gasteiger partial charge in [0.05, 0.1) is 0 Å². The van der Waals surface area contributed by atoms with E-state index in [2.05, 4.69) is 169 Å². The Morgan fingerprint density at radius 3 is 1.61 bits per heavy atom. The van der Waals surface area contributed by atoms with Crippen LogP contribution in [0.3, 0.4) is 0 Å². The van der Waals surface area contributed by atoms with Crippen molar-refractivity contribution in [3.63, 3.8) is 0 Å². The van der Waals surface area contributed by atoms with E-state index in [4.69, 9.17) is 8.83 Å². The van der Waals surface area contributed by atoms with Gasteiger partial charge < -0.3 is 13.7 Å². The summed E-state index contributed by atoms with van der Waals surface area (Å²) in [7, 11) is 0. The Morgan fingerprint density at radius 2 is 0.915 bits per heavy atom. The molecule has 4 aliphatic carbocycles. The van der Waals surface area contributed by atoms with Gasteiger partial charge in [0, 0.05) is 44.0 Å². The Hall–Kier alpha value is -6.58. The Bertz CT molecular complexity index is 3180. The monoisotopic (exact) mass is 761 g/mol.